The molecule has 1 aliphatic rings. The number of nitrogens with two attached hydrogens (primary N) is 1. The van der Waals surface area contributed by atoms with Crippen molar-refractivity contribution in [1.82, 2.24) is 0 Å². The molecule has 0 aliphatic heterocycles. The molecule has 2 rings (SSSR count). The monoisotopic (exact) mass is 181 g/mol. The summed E-state index contributed by atoms with van der Waals surface area (Å²) in [6.07, 6.45) is 2.54. The predicted octanol–water partition coefficient (Wildman–Crippen LogP) is 2.75. The molecule has 0 spiro atoms. The van der Waals surface area contributed by atoms with Crippen molar-refractivity contribution in [3.05, 3.63) is 34.9 Å². The number of hydrogen-bond donors (Lipinski definition) is 1. The first-order valence-electron chi connectivity index (χ1n) is 4.28. The summed E-state index contributed by atoms with van der Waals surface area (Å²) in [5.74, 6) is 0.698. The van der Waals surface area contributed by atoms with Gasteiger partial charge < -0.3 is 5.73 Å². The molecular formula is C10H12ClN. The van der Waals surface area contributed by atoms with Crippen molar-refractivity contribution in [3.8, 4) is 0 Å². The standard InChI is InChI=1S/C10H12ClN/c11-9-3-1-2-8(6-9)10(12)7-4-5-7/h1-3,6-7,10H,4-5,12H2/t10-/m0/s1. The van der Waals surface area contributed by atoms with Crippen LogP contribution in [-0.4, -0.2) is 0 Å². The van der Waals surface area contributed by atoms with Gasteiger partial charge in [0.05, 0.1) is 0 Å². The zero-order valence-corrected chi connectivity index (χ0v) is 7.59. The molecule has 2 N–H and O–H groups in total. The summed E-state index contributed by atoms with van der Waals surface area (Å²) in [5, 5.41) is 0.781. The van der Waals surface area contributed by atoms with E-state index in [9.17, 15) is 0 Å². The molecule has 1 atom stereocenters. The number of benzene rings is 1. The second kappa shape index (κ2) is 3.08. The molecule has 0 aromatic heterocycles. The van der Waals surface area contributed by atoms with Crippen LogP contribution in [-0.2, 0) is 0 Å². The Morgan fingerprint density at radius 2 is 2.17 bits per heavy atom. The van der Waals surface area contributed by atoms with E-state index in [1.54, 1.807) is 0 Å². The summed E-state index contributed by atoms with van der Waals surface area (Å²) in [6.45, 7) is 0. The van der Waals surface area contributed by atoms with Crippen LogP contribution in [0, 0.1) is 5.92 Å². The maximum Gasteiger partial charge on any atom is 0.0409 e. The fourth-order valence-electron chi connectivity index (χ4n) is 1.44. The zero-order valence-electron chi connectivity index (χ0n) is 6.83. The van der Waals surface area contributed by atoms with Gasteiger partial charge in [0.25, 0.3) is 0 Å². The van der Waals surface area contributed by atoms with Gasteiger partial charge in [-0.25, -0.2) is 0 Å². The zero-order chi connectivity index (χ0) is 8.55. The molecule has 0 unspecified atom stereocenters. The Bertz CT molecular complexity index is 281. The van der Waals surface area contributed by atoms with Crippen LogP contribution in [0.3, 0.4) is 0 Å². The maximum absolute atomic E-state index is 6.01. The summed E-state index contributed by atoms with van der Waals surface area (Å²) < 4.78 is 0. The van der Waals surface area contributed by atoms with Crippen LogP contribution in [0.15, 0.2) is 24.3 Å². The molecule has 0 saturated heterocycles. The number of rotatable bonds is 2. The van der Waals surface area contributed by atoms with Gasteiger partial charge in [-0.2, -0.15) is 0 Å². The lowest BCUT2D eigenvalue weighted by atomic mass is 10.0. The molecule has 2 heteroatoms. The van der Waals surface area contributed by atoms with Crippen molar-refractivity contribution in [2.75, 3.05) is 0 Å². The average molecular weight is 182 g/mol. The Hall–Kier alpha value is -0.530. The number of hydrogen-bond acceptors (Lipinski definition) is 1. The first-order valence-corrected chi connectivity index (χ1v) is 4.66. The Labute approximate surface area is 77.5 Å². The summed E-state index contributed by atoms with van der Waals surface area (Å²) in [5.41, 5.74) is 7.18. The molecular weight excluding hydrogens is 170 g/mol. The molecule has 1 nitrogen and oxygen atoms in total. The fourth-order valence-corrected chi connectivity index (χ4v) is 1.64. The van der Waals surface area contributed by atoms with Crippen LogP contribution in [0.4, 0.5) is 0 Å². The maximum atomic E-state index is 6.01. The van der Waals surface area contributed by atoms with Gasteiger partial charge in [-0.15, -0.1) is 0 Å². The van der Waals surface area contributed by atoms with Crippen molar-refractivity contribution in [2.24, 2.45) is 11.7 Å². The molecule has 1 aliphatic carbocycles. The van der Waals surface area contributed by atoms with E-state index in [0.717, 1.165) is 5.02 Å². The van der Waals surface area contributed by atoms with Gasteiger partial charge in [0.1, 0.15) is 0 Å². The lowest BCUT2D eigenvalue weighted by molar-refractivity contribution is 0.633. The molecule has 1 saturated carbocycles. The molecule has 0 heterocycles. The molecule has 1 aromatic carbocycles. The van der Waals surface area contributed by atoms with Gasteiger partial charge in [-0.3, -0.25) is 0 Å². The van der Waals surface area contributed by atoms with Gasteiger partial charge >= 0.3 is 0 Å². The first kappa shape index (κ1) is 8.09. The molecule has 12 heavy (non-hydrogen) atoms. The van der Waals surface area contributed by atoms with Crippen LogP contribution < -0.4 is 5.73 Å². The van der Waals surface area contributed by atoms with Gasteiger partial charge in [-0.05, 0) is 36.5 Å². The van der Waals surface area contributed by atoms with Crippen LogP contribution in [0.25, 0.3) is 0 Å². The van der Waals surface area contributed by atoms with E-state index in [1.807, 2.05) is 18.2 Å². The highest BCUT2D eigenvalue weighted by atomic mass is 35.5. The minimum Gasteiger partial charge on any atom is -0.324 e. The molecule has 0 bridgehead atoms. The lowest BCUT2D eigenvalue weighted by Gasteiger charge is -2.10. The third kappa shape index (κ3) is 1.62. The third-order valence-electron chi connectivity index (χ3n) is 2.36. The number of halogens is 1. The van der Waals surface area contributed by atoms with Gasteiger partial charge in [0, 0.05) is 11.1 Å². The summed E-state index contributed by atoms with van der Waals surface area (Å²) in [6, 6.07) is 8.05. The van der Waals surface area contributed by atoms with Gasteiger partial charge in [-0.1, -0.05) is 23.7 Å². The molecule has 1 fully saturated rings. The Kier molecular flexibility index (Phi) is 2.07. The van der Waals surface area contributed by atoms with Crippen molar-refractivity contribution >= 4 is 11.6 Å². The normalized spacial score (nSPS) is 19.2. The Morgan fingerprint density at radius 3 is 2.75 bits per heavy atom. The van der Waals surface area contributed by atoms with E-state index in [2.05, 4.69) is 6.07 Å². The fraction of sp³-hybridized carbons (Fsp3) is 0.400. The second-order valence-corrected chi connectivity index (χ2v) is 3.85. The summed E-state index contributed by atoms with van der Waals surface area (Å²) >= 11 is 5.86. The highest BCUT2D eigenvalue weighted by Gasteiger charge is 2.29. The molecule has 0 radical (unpaired) electrons. The SMILES string of the molecule is N[C@H](c1cccc(Cl)c1)C1CC1. The van der Waals surface area contributed by atoms with E-state index in [1.165, 1.54) is 18.4 Å². The van der Waals surface area contributed by atoms with Crippen molar-refractivity contribution < 1.29 is 0 Å². The first-order chi connectivity index (χ1) is 5.77. The largest absolute Gasteiger partial charge is 0.324 e. The minimum atomic E-state index is 0.198. The second-order valence-electron chi connectivity index (χ2n) is 3.42. The predicted molar refractivity (Wildman–Crippen MR) is 51.1 cm³/mol. The third-order valence-corrected chi connectivity index (χ3v) is 2.60. The van der Waals surface area contributed by atoms with Crippen molar-refractivity contribution in [3.63, 3.8) is 0 Å². The van der Waals surface area contributed by atoms with Crippen LogP contribution in [0.2, 0.25) is 5.02 Å². The van der Waals surface area contributed by atoms with E-state index in [-0.39, 0.29) is 6.04 Å². The highest BCUT2D eigenvalue weighted by Crippen LogP contribution is 2.39. The smallest absolute Gasteiger partial charge is 0.0409 e. The van der Waals surface area contributed by atoms with Crippen LogP contribution in [0.1, 0.15) is 24.4 Å². The topological polar surface area (TPSA) is 26.0 Å². The van der Waals surface area contributed by atoms with Crippen molar-refractivity contribution in [1.29, 1.82) is 0 Å². The van der Waals surface area contributed by atoms with Crippen molar-refractivity contribution in [2.45, 2.75) is 18.9 Å². The molecule has 64 valence electrons. The van der Waals surface area contributed by atoms with Crippen LogP contribution in [0.5, 0.6) is 0 Å². The Balaban J connectivity index is 2.20. The van der Waals surface area contributed by atoms with E-state index < -0.39 is 0 Å². The quantitative estimate of drug-likeness (QED) is 0.746. The van der Waals surface area contributed by atoms with E-state index >= 15 is 0 Å². The Morgan fingerprint density at radius 1 is 1.42 bits per heavy atom. The molecule has 1 aromatic rings. The highest BCUT2D eigenvalue weighted by molar-refractivity contribution is 6.30. The summed E-state index contributed by atoms with van der Waals surface area (Å²) in [7, 11) is 0. The summed E-state index contributed by atoms with van der Waals surface area (Å²) in [4.78, 5) is 0. The van der Waals surface area contributed by atoms with Crippen LogP contribution >= 0.6 is 11.6 Å². The van der Waals surface area contributed by atoms with Gasteiger partial charge in [0.2, 0.25) is 0 Å². The van der Waals surface area contributed by atoms with E-state index in [4.69, 9.17) is 17.3 Å². The molecule has 0 amide bonds. The average Bonchev–Trinajstić information content (AvgIpc) is 2.85. The van der Waals surface area contributed by atoms with E-state index in [0.29, 0.717) is 5.92 Å². The minimum absolute atomic E-state index is 0.198. The van der Waals surface area contributed by atoms with Gasteiger partial charge in [0.15, 0.2) is 0 Å². The lowest BCUT2D eigenvalue weighted by Crippen LogP contribution is -2.11.